The van der Waals surface area contributed by atoms with Crippen molar-refractivity contribution in [1.82, 2.24) is 21.3 Å². The predicted molar refractivity (Wildman–Crippen MR) is 131 cm³/mol. The molecule has 0 heterocycles. The van der Waals surface area contributed by atoms with Crippen LogP contribution in [-0.4, -0.2) is 67.6 Å². The van der Waals surface area contributed by atoms with Crippen LogP contribution in [0.5, 0.6) is 0 Å². The van der Waals surface area contributed by atoms with Gasteiger partial charge in [0, 0.05) is 0 Å². The van der Waals surface area contributed by atoms with Crippen LogP contribution in [0.25, 0.3) is 0 Å². The number of carbonyl (C=O) groups is 5. The van der Waals surface area contributed by atoms with E-state index in [2.05, 4.69) is 26.0 Å². The summed E-state index contributed by atoms with van der Waals surface area (Å²) in [4.78, 5) is 61.3. The predicted octanol–water partition coefficient (Wildman–Crippen LogP) is 0.0975. The number of methoxy groups -OCH3 is 1. The summed E-state index contributed by atoms with van der Waals surface area (Å²) in [6.07, 6.45) is 0.671. The number of hydrogen-bond acceptors (Lipinski definition) is 8. The maximum absolute atomic E-state index is 12.8. The van der Waals surface area contributed by atoms with E-state index < -0.39 is 54.0 Å². The lowest BCUT2D eigenvalue weighted by Gasteiger charge is -2.23. The van der Waals surface area contributed by atoms with Gasteiger partial charge in [-0.1, -0.05) is 30.3 Å². The summed E-state index contributed by atoms with van der Waals surface area (Å²) >= 11 is 0. The van der Waals surface area contributed by atoms with Gasteiger partial charge in [-0.25, -0.2) is 9.59 Å². The second-order valence-corrected chi connectivity index (χ2v) is 8.26. The highest BCUT2D eigenvalue weighted by Gasteiger charge is 2.27. The van der Waals surface area contributed by atoms with Crippen LogP contribution in [0.2, 0.25) is 0 Å². The summed E-state index contributed by atoms with van der Waals surface area (Å²) < 4.78 is 9.68. The standard InChI is InChI=1S/C24H37N5O7/c1-15(20(30)27-17(3)23(33)35-4)26-22(32)19(12-8-9-13-25)29-21(31)16(2)28-24(34)36-14-18-10-6-5-7-11-18/h5-7,10-11,15-17,19H,8-9,12-14,25H2,1-4H3,(H,26,32)(H,27,30)(H,28,34)(H,29,31)/t15-,16-,17-,19-/m0/s1. The van der Waals surface area contributed by atoms with Crippen molar-refractivity contribution in [1.29, 1.82) is 0 Å². The van der Waals surface area contributed by atoms with E-state index in [0.717, 1.165) is 5.56 Å². The lowest BCUT2D eigenvalue weighted by atomic mass is 10.1. The minimum absolute atomic E-state index is 0.0413. The molecule has 36 heavy (non-hydrogen) atoms. The Balaban J connectivity index is 2.66. The number of ether oxygens (including phenoxy) is 2. The number of rotatable bonds is 14. The molecule has 12 heteroatoms. The third-order valence-electron chi connectivity index (χ3n) is 5.19. The van der Waals surface area contributed by atoms with Crippen molar-refractivity contribution in [2.45, 2.75) is 70.8 Å². The summed E-state index contributed by atoms with van der Waals surface area (Å²) in [7, 11) is 1.20. The minimum Gasteiger partial charge on any atom is -0.467 e. The highest BCUT2D eigenvalue weighted by molar-refractivity contribution is 5.94. The molecule has 0 aliphatic heterocycles. The molecule has 1 aromatic carbocycles. The highest BCUT2D eigenvalue weighted by atomic mass is 16.5. The van der Waals surface area contributed by atoms with Gasteiger partial charge < -0.3 is 36.5 Å². The van der Waals surface area contributed by atoms with Crippen LogP contribution in [0.4, 0.5) is 4.79 Å². The minimum atomic E-state index is -0.986. The second-order valence-electron chi connectivity index (χ2n) is 8.26. The molecule has 0 fully saturated rings. The Bertz CT molecular complexity index is 881. The number of nitrogens with two attached hydrogens (primary N) is 1. The molecule has 0 saturated carbocycles. The first kappa shape index (κ1) is 30.4. The zero-order valence-electron chi connectivity index (χ0n) is 21.2. The van der Waals surface area contributed by atoms with E-state index in [1.807, 2.05) is 18.2 Å². The molecular weight excluding hydrogens is 470 g/mol. The third kappa shape index (κ3) is 11.2. The lowest BCUT2D eigenvalue weighted by molar-refractivity contribution is -0.144. The Kier molecular flexibility index (Phi) is 13.6. The van der Waals surface area contributed by atoms with Gasteiger partial charge >= 0.3 is 12.1 Å². The molecule has 0 saturated heterocycles. The van der Waals surface area contributed by atoms with Gasteiger partial charge in [-0.05, 0) is 52.1 Å². The van der Waals surface area contributed by atoms with E-state index in [4.69, 9.17) is 10.5 Å². The monoisotopic (exact) mass is 507 g/mol. The number of unbranched alkanes of at least 4 members (excludes halogenated alkanes) is 1. The Morgan fingerprint density at radius 1 is 0.806 bits per heavy atom. The fourth-order valence-electron chi connectivity index (χ4n) is 3.02. The van der Waals surface area contributed by atoms with E-state index in [1.165, 1.54) is 27.9 Å². The maximum atomic E-state index is 12.8. The second kappa shape index (κ2) is 16.1. The van der Waals surface area contributed by atoms with E-state index in [0.29, 0.717) is 19.4 Å². The summed E-state index contributed by atoms with van der Waals surface area (Å²) in [5, 5.41) is 9.99. The first-order valence-corrected chi connectivity index (χ1v) is 11.7. The number of esters is 1. The van der Waals surface area contributed by atoms with Crippen LogP contribution in [0, 0.1) is 0 Å². The van der Waals surface area contributed by atoms with Crippen molar-refractivity contribution in [3.63, 3.8) is 0 Å². The van der Waals surface area contributed by atoms with E-state index >= 15 is 0 Å². The molecular formula is C24H37N5O7. The van der Waals surface area contributed by atoms with Crippen LogP contribution in [0.1, 0.15) is 45.6 Å². The molecule has 0 spiro atoms. The molecule has 12 nitrogen and oxygen atoms in total. The maximum Gasteiger partial charge on any atom is 0.408 e. The first-order chi connectivity index (χ1) is 17.1. The summed E-state index contributed by atoms with van der Waals surface area (Å²) in [5.74, 6) is -2.41. The van der Waals surface area contributed by atoms with Crippen LogP contribution >= 0.6 is 0 Å². The van der Waals surface area contributed by atoms with Crippen molar-refractivity contribution >= 4 is 29.8 Å². The molecule has 0 unspecified atom stereocenters. The van der Waals surface area contributed by atoms with Gasteiger partial charge in [-0.15, -0.1) is 0 Å². The van der Waals surface area contributed by atoms with Crippen LogP contribution in [-0.2, 0) is 35.3 Å². The summed E-state index contributed by atoms with van der Waals surface area (Å²) in [6, 6.07) is 5.22. The number of carbonyl (C=O) groups excluding carboxylic acids is 5. The van der Waals surface area contributed by atoms with Crippen molar-refractivity contribution in [3.8, 4) is 0 Å². The van der Waals surface area contributed by atoms with Gasteiger partial charge in [0.25, 0.3) is 0 Å². The van der Waals surface area contributed by atoms with E-state index in [9.17, 15) is 24.0 Å². The smallest absolute Gasteiger partial charge is 0.408 e. The molecule has 0 aliphatic rings. The first-order valence-electron chi connectivity index (χ1n) is 11.7. The Morgan fingerprint density at radius 2 is 1.39 bits per heavy atom. The molecule has 4 atom stereocenters. The average molecular weight is 508 g/mol. The van der Waals surface area contributed by atoms with Gasteiger partial charge in [-0.2, -0.15) is 0 Å². The van der Waals surface area contributed by atoms with E-state index in [-0.39, 0.29) is 13.0 Å². The van der Waals surface area contributed by atoms with Gasteiger partial charge in [0.15, 0.2) is 0 Å². The number of alkyl carbamates (subject to hydrolysis) is 1. The zero-order chi connectivity index (χ0) is 27.1. The Hall–Kier alpha value is -3.67. The molecule has 0 aliphatic carbocycles. The van der Waals surface area contributed by atoms with Crippen molar-refractivity contribution in [3.05, 3.63) is 35.9 Å². The van der Waals surface area contributed by atoms with Gasteiger partial charge in [-0.3, -0.25) is 14.4 Å². The molecule has 0 aromatic heterocycles. The molecule has 1 rings (SSSR count). The fourth-order valence-corrected chi connectivity index (χ4v) is 3.02. The molecule has 0 radical (unpaired) electrons. The number of hydrogen-bond donors (Lipinski definition) is 5. The SMILES string of the molecule is COC(=O)[C@H](C)NC(=O)[C@H](C)NC(=O)[C@H](CCCCN)NC(=O)[C@H](C)NC(=O)OCc1ccccc1. The summed E-state index contributed by atoms with van der Waals surface area (Å²) in [5.41, 5.74) is 6.32. The normalized spacial score (nSPS) is 13.8. The van der Waals surface area contributed by atoms with Crippen LogP contribution < -0.4 is 27.0 Å². The molecule has 4 amide bonds. The van der Waals surface area contributed by atoms with Gasteiger partial charge in [0.2, 0.25) is 17.7 Å². The lowest BCUT2D eigenvalue weighted by Crippen LogP contribution is -2.56. The molecule has 6 N–H and O–H groups in total. The highest BCUT2D eigenvalue weighted by Crippen LogP contribution is 2.04. The molecule has 1 aromatic rings. The zero-order valence-corrected chi connectivity index (χ0v) is 21.2. The number of benzene rings is 1. The van der Waals surface area contributed by atoms with Crippen molar-refractivity contribution in [2.24, 2.45) is 5.73 Å². The largest absolute Gasteiger partial charge is 0.467 e. The Morgan fingerprint density at radius 3 is 2.00 bits per heavy atom. The number of nitrogens with one attached hydrogen (secondary N) is 4. The van der Waals surface area contributed by atoms with Gasteiger partial charge in [0.1, 0.15) is 30.8 Å². The topological polar surface area (TPSA) is 178 Å². The average Bonchev–Trinajstić information content (AvgIpc) is 2.86. The van der Waals surface area contributed by atoms with E-state index in [1.54, 1.807) is 12.1 Å². The summed E-state index contributed by atoms with van der Waals surface area (Å²) in [6.45, 7) is 4.81. The fraction of sp³-hybridized carbons (Fsp3) is 0.542. The Labute approximate surface area is 211 Å². The quantitative estimate of drug-likeness (QED) is 0.174. The third-order valence-corrected chi connectivity index (χ3v) is 5.19. The van der Waals surface area contributed by atoms with Crippen molar-refractivity contribution in [2.75, 3.05) is 13.7 Å². The molecule has 0 bridgehead atoms. The molecule has 200 valence electrons. The van der Waals surface area contributed by atoms with Gasteiger partial charge in [0.05, 0.1) is 7.11 Å². The van der Waals surface area contributed by atoms with Crippen molar-refractivity contribution < 1.29 is 33.4 Å². The van der Waals surface area contributed by atoms with Crippen LogP contribution in [0.3, 0.4) is 0 Å². The van der Waals surface area contributed by atoms with Crippen LogP contribution in [0.15, 0.2) is 30.3 Å². The number of amides is 4.